The first-order valence-corrected chi connectivity index (χ1v) is 13.9. The van der Waals surface area contributed by atoms with E-state index in [1.165, 1.54) is 46.9 Å². The normalized spacial score (nSPS) is 15.6. The highest BCUT2D eigenvalue weighted by Gasteiger charge is 2.30. The number of benzene rings is 2. The topological polar surface area (TPSA) is 114 Å². The van der Waals surface area contributed by atoms with Gasteiger partial charge in [0.1, 0.15) is 5.25 Å². The second-order valence-corrected chi connectivity index (χ2v) is 12.0. The van der Waals surface area contributed by atoms with E-state index < -0.39 is 31.0 Å². The summed E-state index contributed by atoms with van der Waals surface area (Å²) in [6, 6.07) is 17.0. The van der Waals surface area contributed by atoms with Crippen molar-refractivity contribution < 1.29 is 21.6 Å². The van der Waals surface area contributed by atoms with Gasteiger partial charge in [-0.1, -0.05) is 24.3 Å². The van der Waals surface area contributed by atoms with Gasteiger partial charge in [-0.2, -0.15) is 4.31 Å². The average molecular weight is 500 g/mol. The Morgan fingerprint density at radius 3 is 2.18 bits per heavy atom. The molecule has 0 spiro atoms. The molecule has 0 aliphatic carbocycles. The van der Waals surface area contributed by atoms with E-state index in [1.807, 2.05) is 0 Å². The van der Waals surface area contributed by atoms with Crippen LogP contribution in [0.5, 0.6) is 0 Å². The van der Waals surface area contributed by atoms with E-state index in [1.54, 1.807) is 36.5 Å². The molecule has 0 radical (unpaired) electrons. The minimum absolute atomic E-state index is 0.130. The fourth-order valence-electron chi connectivity index (χ4n) is 3.89. The molecule has 0 saturated carbocycles. The largest absolute Gasteiger partial charge is 0.350 e. The summed E-state index contributed by atoms with van der Waals surface area (Å²) in [5.74, 6) is -0.498. The lowest BCUT2D eigenvalue weighted by Crippen LogP contribution is -2.32. The number of hydrogen-bond donors (Lipinski definition) is 1. The molecule has 4 rings (SSSR count). The number of carbonyl (C=O) groups is 1. The van der Waals surface area contributed by atoms with Gasteiger partial charge in [0.15, 0.2) is 9.84 Å². The van der Waals surface area contributed by atoms with Crippen LogP contribution in [0.25, 0.3) is 0 Å². The van der Waals surface area contributed by atoms with Crippen LogP contribution in [0.15, 0.2) is 88.9 Å². The Morgan fingerprint density at radius 2 is 1.56 bits per heavy atom. The van der Waals surface area contributed by atoms with E-state index >= 15 is 0 Å². The van der Waals surface area contributed by atoms with Crippen molar-refractivity contribution in [3.63, 3.8) is 0 Å². The number of nitrogens with one attached hydrogen (secondary N) is 1. The van der Waals surface area contributed by atoms with Gasteiger partial charge in [-0.15, -0.1) is 0 Å². The maximum Gasteiger partial charge on any atom is 0.251 e. The lowest BCUT2D eigenvalue weighted by Gasteiger charge is -2.19. The first-order chi connectivity index (χ1) is 16.3. The van der Waals surface area contributed by atoms with Crippen LogP contribution in [0, 0.1) is 0 Å². The smallest absolute Gasteiger partial charge is 0.251 e. The van der Waals surface area contributed by atoms with E-state index in [9.17, 15) is 21.6 Å². The number of sulfone groups is 1. The molecule has 3 aromatic rings. The third-order valence-electron chi connectivity index (χ3n) is 5.77. The molecule has 34 heavy (non-hydrogen) atoms. The van der Waals surface area contributed by atoms with Crippen LogP contribution >= 0.6 is 0 Å². The zero-order valence-corrected chi connectivity index (χ0v) is 20.0. The van der Waals surface area contributed by atoms with Crippen molar-refractivity contribution >= 4 is 25.8 Å². The highest BCUT2D eigenvalue weighted by molar-refractivity contribution is 7.91. The molecule has 1 amide bonds. The van der Waals surface area contributed by atoms with Gasteiger partial charge in [0, 0.05) is 37.6 Å². The summed E-state index contributed by atoms with van der Waals surface area (Å²) in [6.45, 7) is 0.821. The number of amides is 1. The Bertz CT molecular complexity index is 1340. The zero-order chi connectivity index (χ0) is 24.2. The fourth-order valence-corrected chi connectivity index (χ4v) is 7.07. The third-order valence-corrected chi connectivity index (χ3v) is 9.80. The standard InChI is InChI=1S/C24H25N3O5S2/c28-24(19-10-12-22(13-11-19)34(31,32)27-15-4-5-16-27)26-18-23(20-7-6-14-25-17-20)33(29,30)21-8-2-1-3-9-21/h1-3,6-14,17,23H,4-5,15-16,18H2,(H,26,28). The van der Waals surface area contributed by atoms with Crippen LogP contribution in [0.2, 0.25) is 0 Å². The second-order valence-electron chi connectivity index (χ2n) is 7.98. The van der Waals surface area contributed by atoms with Crippen molar-refractivity contribution in [2.45, 2.75) is 27.9 Å². The predicted molar refractivity (Wildman–Crippen MR) is 127 cm³/mol. The molecule has 2 aromatic carbocycles. The molecule has 1 atom stereocenters. The van der Waals surface area contributed by atoms with E-state index in [0.717, 1.165) is 12.8 Å². The Balaban J connectivity index is 1.52. The quantitative estimate of drug-likeness (QED) is 0.510. The Kier molecular flexibility index (Phi) is 7.11. The molecule has 178 valence electrons. The van der Waals surface area contributed by atoms with Crippen molar-refractivity contribution in [3.8, 4) is 0 Å². The molecule has 1 N–H and O–H groups in total. The monoisotopic (exact) mass is 499 g/mol. The minimum Gasteiger partial charge on any atom is -0.350 e. The highest BCUT2D eigenvalue weighted by Crippen LogP contribution is 2.28. The Hall–Kier alpha value is -3.08. The van der Waals surface area contributed by atoms with Crippen LogP contribution in [0.3, 0.4) is 0 Å². The summed E-state index contributed by atoms with van der Waals surface area (Å²) in [6.07, 6.45) is 4.69. The number of nitrogens with zero attached hydrogens (tertiary/aromatic N) is 2. The molecule has 0 bridgehead atoms. The summed E-state index contributed by atoms with van der Waals surface area (Å²) in [5.41, 5.74) is 0.695. The van der Waals surface area contributed by atoms with Crippen LogP contribution in [-0.4, -0.2) is 51.7 Å². The van der Waals surface area contributed by atoms with Crippen LogP contribution in [0.1, 0.15) is 34.0 Å². The van der Waals surface area contributed by atoms with Gasteiger partial charge in [0.25, 0.3) is 5.91 Å². The molecule has 10 heteroatoms. The molecular formula is C24H25N3O5S2. The molecule has 1 aromatic heterocycles. The maximum absolute atomic E-state index is 13.3. The van der Waals surface area contributed by atoms with E-state index in [0.29, 0.717) is 18.7 Å². The summed E-state index contributed by atoms with van der Waals surface area (Å²) in [5, 5.41) is 1.64. The average Bonchev–Trinajstić information content (AvgIpc) is 3.41. The van der Waals surface area contributed by atoms with Crippen molar-refractivity contribution in [2.24, 2.45) is 0 Å². The van der Waals surface area contributed by atoms with E-state index in [4.69, 9.17) is 0 Å². The van der Waals surface area contributed by atoms with Gasteiger partial charge in [0.05, 0.1) is 9.79 Å². The summed E-state index contributed by atoms with van der Waals surface area (Å²) < 4.78 is 53.4. The number of hydrogen-bond acceptors (Lipinski definition) is 6. The van der Waals surface area contributed by atoms with Gasteiger partial charge in [0.2, 0.25) is 10.0 Å². The third kappa shape index (κ3) is 5.03. The lowest BCUT2D eigenvalue weighted by atomic mass is 10.2. The SMILES string of the molecule is O=C(NCC(c1cccnc1)S(=O)(=O)c1ccccc1)c1ccc(S(=O)(=O)N2CCCC2)cc1. The number of pyridine rings is 1. The Labute approximate surface area is 199 Å². The minimum atomic E-state index is -3.81. The molecule has 1 fully saturated rings. The summed E-state index contributed by atoms with van der Waals surface area (Å²) >= 11 is 0. The molecule has 8 nitrogen and oxygen atoms in total. The summed E-state index contributed by atoms with van der Waals surface area (Å²) in [4.78, 5) is 17.1. The van der Waals surface area contributed by atoms with Crippen LogP contribution in [0.4, 0.5) is 0 Å². The molecule has 1 unspecified atom stereocenters. The van der Waals surface area contributed by atoms with Crippen LogP contribution in [-0.2, 0) is 19.9 Å². The van der Waals surface area contributed by atoms with Gasteiger partial charge < -0.3 is 5.32 Å². The van der Waals surface area contributed by atoms with Crippen molar-refractivity contribution in [2.75, 3.05) is 19.6 Å². The second kappa shape index (κ2) is 10.0. The predicted octanol–water partition coefficient (Wildman–Crippen LogP) is 2.81. The number of sulfonamides is 1. The first-order valence-electron chi connectivity index (χ1n) is 10.9. The maximum atomic E-state index is 13.3. The van der Waals surface area contributed by atoms with Gasteiger partial charge in [-0.25, -0.2) is 16.8 Å². The van der Waals surface area contributed by atoms with Crippen molar-refractivity contribution in [1.82, 2.24) is 14.6 Å². The first kappa shape index (κ1) is 24.1. The van der Waals surface area contributed by atoms with Gasteiger partial charge in [-0.05, 0) is 60.9 Å². The molecule has 1 aliphatic heterocycles. The van der Waals surface area contributed by atoms with Crippen molar-refractivity contribution in [1.29, 1.82) is 0 Å². The van der Waals surface area contributed by atoms with Crippen molar-refractivity contribution in [3.05, 3.63) is 90.3 Å². The summed E-state index contributed by atoms with van der Waals surface area (Å²) in [7, 11) is -7.38. The lowest BCUT2D eigenvalue weighted by molar-refractivity contribution is 0.0953. The number of carbonyl (C=O) groups excluding carboxylic acids is 1. The number of rotatable bonds is 8. The van der Waals surface area contributed by atoms with Gasteiger partial charge in [-0.3, -0.25) is 9.78 Å². The Morgan fingerprint density at radius 1 is 0.882 bits per heavy atom. The highest BCUT2D eigenvalue weighted by atomic mass is 32.2. The fraction of sp³-hybridized carbons (Fsp3) is 0.250. The molecular weight excluding hydrogens is 474 g/mol. The molecule has 2 heterocycles. The molecule has 1 aliphatic rings. The van der Waals surface area contributed by atoms with Crippen LogP contribution < -0.4 is 5.32 Å². The van der Waals surface area contributed by atoms with Gasteiger partial charge >= 0.3 is 0 Å². The zero-order valence-electron chi connectivity index (χ0n) is 18.4. The molecule has 1 saturated heterocycles. The number of aromatic nitrogens is 1. The van der Waals surface area contributed by atoms with E-state index in [2.05, 4.69) is 10.3 Å². The van der Waals surface area contributed by atoms with E-state index in [-0.39, 0.29) is 21.9 Å².